The van der Waals surface area contributed by atoms with Crippen LogP contribution in [0, 0.1) is 13.8 Å². The zero-order chi connectivity index (χ0) is 41.2. The first-order valence-electron chi connectivity index (χ1n) is 16.9. The summed E-state index contributed by atoms with van der Waals surface area (Å²) >= 11 is 0. The molecule has 0 spiro atoms. The second-order valence-corrected chi connectivity index (χ2v) is 18.0. The average Bonchev–Trinajstić information content (AvgIpc) is 3.74. The number of rotatable bonds is 7. The lowest BCUT2D eigenvalue weighted by molar-refractivity contribution is 0.0537. The number of benzene rings is 2. The van der Waals surface area contributed by atoms with Crippen LogP contribution in [0.2, 0.25) is 0 Å². The van der Waals surface area contributed by atoms with Gasteiger partial charge in [0.05, 0.1) is 22.2 Å². The topological polar surface area (TPSA) is 236 Å². The lowest BCUT2D eigenvalue weighted by Gasteiger charge is -2.23. The molecule has 57 heavy (non-hydrogen) atoms. The fourth-order valence-electron chi connectivity index (χ4n) is 4.80. The molecule has 0 radical (unpaired) electrons. The number of anilines is 2. The summed E-state index contributed by atoms with van der Waals surface area (Å²) in [6.07, 6.45) is 3.82. The standard InChI is InChI=1S/2C18H21N5O4S.CH4/c1-12-5-7-13(8-6-12)28(25,26)22-10-9-14-16(22)20-11-15(21-14)23(19)17(24)27-18(2,3)4;1-12-5-7-13(8-6-12)28(25,26)23-10-9-14-16(23)19-11-15(20-14)21-22-17(24)27-18(2,3)4;/h5-11H,19H2,1-4H3;5-11H,1-4H3,(H,20,21)(H,22,24);1H4. The van der Waals surface area contributed by atoms with Crippen molar-refractivity contribution in [2.75, 3.05) is 10.4 Å². The number of aryl methyl sites for hydroxylation is 2. The van der Waals surface area contributed by atoms with Crippen LogP contribution in [0.15, 0.2) is 95.2 Å². The summed E-state index contributed by atoms with van der Waals surface area (Å²) in [7, 11) is -7.63. The molecular formula is C37H46N10O8S2. The molecule has 4 N–H and O–H groups in total. The molecule has 0 saturated carbocycles. The zero-order valence-electron chi connectivity index (χ0n) is 31.9. The van der Waals surface area contributed by atoms with Crippen molar-refractivity contribution in [3.05, 3.63) is 96.6 Å². The highest BCUT2D eigenvalue weighted by Crippen LogP contribution is 2.23. The smallest absolute Gasteiger partial charge is 0.430 e. The highest BCUT2D eigenvalue weighted by atomic mass is 32.2. The Morgan fingerprint density at radius 1 is 0.684 bits per heavy atom. The predicted octanol–water partition coefficient (Wildman–Crippen LogP) is 6.06. The molecule has 304 valence electrons. The molecule has 20 heteroatoms. The van der Waals surface area contributed by atoms with Crippen LogP contribution in [0.3, 0.4) is 0 Å². The van der Waals surface area contributed by atoms with E-state index in [2.05, 4.69) is 30.8 Å². The van der Waals surface area contributed by atoms with Gasteiger partial charge >= 0.3 is 12.2 Å². The number of nitrogens with two attached hydrogens (primary N) is 1. The number of carbonyl (C=O) groups is 2. The second kappa shape index (κ2) is 16.5. The van der Waals surface area contributed by atoms with Crippen molar-refractivity contribution in [1.29, 1.82) is 0 Å². The van der Waals surface area contributed by atoms with Gasteiger partial charge in [0.15, 0.2) is 22.9 Å². The first-order chi connectivity index (χ1) is 26.0. The van der Waals surface area contributed by atoms with E-state index in [-0.39, 0.29) is 45.7 Å². The van der Waals surface area contributed by atoms with Gasteiger partial charge in [0.1, 0.15) is 22.2 Å². The molecule has 0 bridgehead atoms. The van der Waals surface area contributed by atoms with Gasteiger partial charge in [0.2, 0.25) is 0 Å². The molecule has 0 aliphatic heterocycles. The summed E-state index contributed by atoms with van der Waals surface area (Å²) in [5.41, 5.74) is 6.42. The number of hydrogen-bond donors (Lipinski definition) is 3. The Hall–Kier alpha value is -6.12. The van der Waals surface area contributed by atoms with E-state index in [1.165, 1.54) is 49.1 Å². The van der Waals surface area contributed by atoms with Crippen LogP contribution in [0.5, 0.6) is 0 Å². The largest absolute Gasteiger partial charge is 0.443 e. The maximum absolute atomic E-state index is 12.9. The Kier molecular flexibility index (Phi) is 12.7. The van der Waals surface area contributed by atoms with E-state index < -0.39 is 43.4 Å². The fraction of sp³-hybridized carbons (Fsp3) is 0.297. The number of nitrogens with one attached hydrogen (secondary N) is 2. The molecule has 0 aliphatic carbocycles. The fourth-order valence-corrected chi connectivity index (χ4v) is 7.39. The molecule has 6 aromatic rings. The SMILES string of the molecule is C.Cc1ccc(S(=O)(=O)n2ccc3nc(N(N)C(=O)OC(C)(C)C)cnc32)cc1.Cc1ccc(S(=O)(=O)n2ccc3nc(NNC(=O)OC(C)(C)C)cnc32)cc1. The quantitative estimate of drug-likeness (QED) is 0.0944. The summed E-state index contributed by atoms with van der Waals surface area (Å²) in [6.45, 7) is 14.1. The zero-order valence-corrected chi connectivity index (χ0v) is 33.5. The van der Waals surface area contributed by atoms with E-state index in [1.807, 2.05) is 13.8 Å². The van der Waals surface area contributed by atoms with Gasteiger partial charge in [0.25, 0.3) is 20.0 Å². The maximum Gasteiger partial charge on any atom is 0.430 e. The predicted molar refractivity (Wildman–Crippen MR) is 215 cm³/mol. The molecule has 0 aliphatic rings. The molecule has 2 amide bonds. The van der Waals surface area contributed by atoms with E-state index in [0.717, 1.165) is 24.1 Å². The minimum atomic E-state index is -3.83. The molecule has 0 saturated heterocycles. The lowest BCUT2D eigenvalue weighted by atomic mass is 10.2. The number of carbonyl (C=O) groups excluding carboxylic acids is 2. The van der Waals surface area contributed by atoms with Crippen LogP contribution in [0.4, 0.5) is 21.2 Å². The van der Waals surface area contributed by atoms with Crippen molar-refractivity contribution in [2.24, 2.45) is 5.84 Å². The van der Waals surface area contributed by atoms with Gasteiger partial charge in [-0.3, -0.25) is 5.43 Å². The van der Waals surface area contributed by atoms with Crippen molar-refractivity contribution in [1.82, 2.24) is 33.3 Å². The number of fused-ring (bicyclic) bond motifs is 2. The van der Waals surface area contributed by atoms with Gasteiger partial charge in [-0.15, -0.1) is 0 Å². The van der Waals surface area contributed by atoms with Crippen LogP contribution >= 0.6 is 0 Å². The Labute approximate surface area is 331 Å². The van der Waals surface area contributed by atoms with Crippen LogP contribution in [-0.4, -0.2) is 68.1 Å². The van der Waals surface area contributed by atoms with Crippen LogP contribution in [0.25, 0.3) is 22.3 Å². The van der Waals surface area contributed by atoms with E-state index in [9.17, 15) is 26.4 Å². The number of nitrogens with zero attached hydrogens (tertiary/aromatic N) is 7. The number of amides is 2. The van der Waals surface area contributed by atoms with Gasteiger partial charge in [0, 0.05) is 12.4 Å². The van der Waals surface area contributed by atoms with Crippen molar-refractivity contribution in [2.45, 2.75) is 83.8 Å². The third-order valence-electron chi connectivity index (χ3n) is 7.38. The normalized spacial score (nSPS) is 11.9. The van der Waals surface area contributed by atoms with Gasteiger partial charge in [-0.2, -0.15) is 5.01 Å². The van der Waals surface area contributed by atoms with Crippen LogP contribution in [-0.2, 0) is 29.5 Å². The summed E-state index contributed by atoms with van der Waals surface area (Å²) in [4.78, 5) is 40.8. The van der Waals surface area contributed by atoms with E-state index >= 15 is 0 Å². The summed E-state index contributed by atoms with van der Waals surface area (Å²) in [6, 6.07) is 16.1. The molecule has 18 nitrogen and oxygen atoms in total. The van der Waals surface area contributed by atoms with Gasteiger partial charge in [-0.1, -0.05) is 42.8 Å². The number of hydrazine groups is 2. The van der Waals surface area contributed by atoms with Gasteiger partial charge in [-0.25, -0.2) is 65.6 Å². The maximum atomic E-state index is 12.9. The summed E-state index contributed by atoms with van der Waals surface area (Å²) in [5, 5.41) is 0.726. The van der Waals surface area contributed by atoms with Crippen LogP contribution < -0.4 is 21.7 Å². The molecular weight excluding hydrogens is 777 g/mol. The molecule has 0 fully saturated rings. The van der Waals surface area contributed by atoms with Crippen molar-refractivity contribution in [3.8, 4) is 0 Å². The first-order valence-corrected chi connectivity index (χ1v) is 19.8. The molecule has 6 rings (SSSR count). The molecule has 4 heterocycles. The molecule has 4 aromatic heterocycles. The van der Waals surface area contributed by atoms with E-state index in [1.54, 1.807) is 77.9 Å². The van der Waals surface area contributed by atoms with Crippen molar-refractivity contribution < 1.29 is 35.9 Å². The van der Waals surface area contributed by atoms with Gasteiger partial charge in [-0.05, 0) is 91.8 Å². The van der Waals surface area contributed by atoms with Crippen molar-refractivity contribution in [3.63, 3.8) is 0 Å². The molecule has 0 atom stereocenters. The highest BCUT2D eigenvalue weighted by Gasteiger charge is 2.25. The van der Waals surface area contributed by atoms with E-state index in [4.69, 9.17) is 15.3 Å². The third-order valence-corrected chi connectivity index (χ3v) is 10.7. The summed E-state index contributed by atoms with van der Waals surface area (Å²) in [5.74, 6) is 6.04. The lowest BCUT2D eigenvalue weighted by Crippen LogP contribution is -2.42. The highest BCUT2D eigenvalue weighted by molar-refractivity contribution is 7.90. The Balaban J connectivity index is 0.000000248. The first kappa shape index (κ1) is 43.6. The summed E-state index contributed by atoms with van der Waals surface area (Å²) < 4.78 is 63.9. The number of aromatic nitrogens is 6. The van der Waals surface area contributed by atoms with Gasteiger partial charge < -0.3 is 9.47 Å². The second-order valence-electron chi connectivity index (χ2n) is 14.4. The number of hydrogen-bond acceptors (Lipinski definition) is 14. The monoisotopic (exact) mass is 822 g/mol. The Morgan fingerprint density at radius 3 is 1.58 bits per heavy atom. The average molecular weight is 823 g/mol. The van der Waals surface area contributed by atoms with Crippen molar-refractivity contribution >= 4 is 66.2 Å². The Morgan fingerprint density at radius 2 is 1.12 bits per heavy atom. The minimum absolute atomic E-state index is 0. The number of ether oxygens (including phenoxy) is 2. The molecule has 2 aromatic carbocycles. The third kappa shape index (κ3) is 10.4. The van der Waals surface area contributed by atoms with Crippen LogP contribution in [0.1, 0.15) is 60.1 Å². The Bertz CT molecular complexity index is 2610. The van der Waals surface area contributed by atoms with E-state index in [0.29, 0.717) is 5.52 Å². The molecule has 0 unspecified atom stereocenters. The minimum Gasteiger partial charge on any atom is -0.443 e.